The summed E-state index contributed by atoms with van der Waals surface area (Å²) in [6.07, 6.45) is 5.10. The number of benzene rings is 1. The normalized spacial score (nSPS) is 16.7. The van der Waals surface area contributed by atoms with Crippen LogP contribution in [0.3, 0.4) is 0 Å². The molecule has 2 aromatic rings. The number of hydrogen-bond donors (Lipinski definition) is 2. The summed E-state index contributed by atoms with van der Waals surface area (Å²) in [4.78, 5) is 16.6. The van der Waals surface area contributed by atoms with E-state index in [0.717, 1.165) is 24.0 Å². The van der Waals surface area contributed by atoms with Crippen LogP contribution in [0.2, 0.25) is 0 Å². The maximum Gasteiger partial charge on any atom is 0.237 e. The van der Waals surface area contributed by atoms with Crippen LogP contribution in [0.4, 0.5) is 0 Å². The van der Waals surface area contributed by atoms with E-state index < -0.39 is 6.04 Å². The number of carbonyl (C=O) groups excluding carboxylic acids is 1. The van der Waals surface area contributed by atoms with Gasteiger partial charge in [0.1, 0.15) is 6.61 Å². The third kappa shape index (κ3) is 5.68. The maximum absolute atomic E-state index is 12.6. The zero-order valence-electron chi connectivity index (χ0n) is 17.0. The van der Waals surface area contributed by atoms with Crippen molar-refractivity contribution in [2.45, 2.75) is 38.5 Å². The summed E-state index contributed by atoms with van der Waals surface area (Å²) in [5.41, 5.74) is 8.12. The Morgan fingerprint density at radius 1 is 1.24 bits per heavy atom. The van der Waals surface area contributed by atoms with Gasteiger partial charge in [-0.25, -0.2) is 0 Å². The minimum Gasteiger partial charge on any atom is -0.493 e. The highest BCUT2D eigenvalue weighted by atomic mass is 16.5. The molecule has 0 saturated carbocycles. The number of nitrogens with zero attached hydrogens (tertiary/aromatic N) is 1. The Bertz CT molecular complexity index is 794. The van der Waals surface area contributed by atoms with Gasteiger partial charge in [-0.3, -0.25) is 9.78 Å². The molecule has 1 aliphatic rings. The first-order valence-electron chi connectivity index (χ1n) is 9.92. The molecule has 2 heterocycles. The number of methoxy groups -OCH3 is 1. The Morgan fingerprint density at radius 3 is 2.66 bits per heavy atom. The molecule has 1 amide bonds. The molecule has 7 nitrogen and oxygen atoms in total. The van der Waals surface area contributed by atoms with Crippen molar-refractivity contribution in [3.05, 3.63) is 53.9 Å². The van der Waals surface area contributed by atoms with Crippen LogP contribution in [-0.2, 0) is 16.1 Å². The molecular weight excluding hydrogens is 370 g/mol. The molecule has 1 fully saturated rings. The van der Waals surface area contributed by atoms with Gasteiger partial charge in [-0.05, 0) is 61.1 Å². The quantitative estimate of drug-likeness (QED) is 0.708. The Hall–Kier alpha value is -2.64. The minimum atomic E-state index is -0.522. The molecule has 3 N–H and O–H groups in total. The zero-order chi connectivity index (χ0) is 20.6. The summed E-state index contributed by atoms with van der Waals surface area (Å²) < 4.78 is 16.7. The number of nitrogens with one attached hydrogen (secondary N) is 1. The van der Waals surface area contributed by atoms with Crippen molar-refractivity contribution in [1.29, 1.82) is 0 Å². The van der Waals surface area contributed by atoms with Gasteiger partial charge in [0.2, 0.25) is 5.91 Å². The molecule has 29 heavy (non-hydrogen) atoms. The van der Waals surface area contributed by atoms with E-state index in [1.54, 1.807) is 19.5 Å². The molecule has 7 heteroatoms. The first-order chi connectivity index (χ1) is 14.1. The second-order valence-electron chi connectivity index (χ2n) is 7.26. The lowest BCUT2D eigenvalue weighted by molar-refractivity contribution is -0.125. The van der Waals surface area contributed by atoms with Gasteiger partial charge in [0.05, 0.1) is 19.2 Å². The van der Waals surface area contributed by atoms with Crippen LogP contribution >= 0.6 is 0 Å². The first-order valence-corrected chi connectivity index (χ1v) is 9.92. The molecule has 2 atom stereocenters. The fourth-order valence-electron chi connectivity index (χ4n) is 3.39. The molecule has 1 aromatic carbocycles. The number of pyridine rings is 1. The van der Waals surface area contributed by atoms with E-state index in [1.807, 2.05) is 37.3 Å². The molecule has 2 unspecified atom stereocenters. The average molecular weight is 399 g/mol. The second-order valence-corrected chi connectivity index (χ2v) is 7.26. The van der Waals surface area contributed by atoms with Crippen molar-refractivity contribution < 1.29 is 19.0 Å². The zero-order valence-corrected chi connectivity index (χ0v) is 17.0. The van der Waals surface area contributed by atoms with E-state index in [0.29, 0.717) is 31.3 Å². The number of amides is 1. The molecule has 0 radical (unpaired) electrons. The molecule has 3 rings (SSSR count). The fraction of sp³-hybridized carbons (Fsp3) is 0.455. The van der Waals surface area contributed by atoms with Crippen molar-refractivity contribution in [3.63, 3.8) is 0 Å². The summed E-state index contributed by atoms with van der Waals surface area (Å²) in [6.45, 7) is 3.68. The highest BCUT2D eigenvalue weighted by Gasteiger charge is 2.27. The minimum absolute atomic E-state index is 0.138. The van der Waals surface area contributed by atoms with Gasteiger partial charge in [0, 0.05) is 25.6 Å². The topological polar surface area (TPSA) is 95.7 Å². The molecule has 0 spiro atoms. The van der Waals surface area contributed by atoms with E-state index >= 15 is 0 Å². The molecule has 156 valence electrons. The number of aromatic nitrogens is 1. The van der Waals surface area contributed by atoms with E-state index in [-0.39, 0.29) is 17.9 Å². The molecular formula is C22H29N3O4. The van der Waals surface area contributed by atoms with E-state index in [2.05, 4.69) is 10.3 Å². The van der Waals surface area contributed by atoms with Crippen LogP contribution in [0.5, 0.6) is 11.5 Å². The Morgan fingerprint density at radius 2 is 1.97 bits per heavy atom. The van der Waals surface area contributed by atoms with Crippen molar-refractivity contribution in [2.75, 3.05) is 20.3 Å². The summed E-state index contributed by atoms with van der Waals surface area (Å²) in [5.74, 6) is 1.28. The van der Waals surface area contributed by atoms with Crippen LogP contribution in [0.15, 0.2) is 42.7 Å². The lowest BCUT2D eigenvalue weighted by atomic mass is 9.91. The van der Waals surface area contributed by atoms with Gasteiger partial charge < -0.3 is 25.3 Å². The fourth-order valence-corrected chi connectivity index (χ4v) is 3.39. The standard InChI is InChI=1S/C22H29N3O4/c1-15(25-22(26)21(23)17-7-11-28-12-8-17)18-3-4-19(20(13-18)27-2)29-14-16-5-9-24-10-6-16/h3-6,9-10,13,15,17,21H,7-8,11-12,14,23H2,1-2H3,(H,25,26). The van der Waals surface area contributed by atoms with Gasteiger partial charge in [-0.15, -0.1) is 0 Å². The van der Waals surface area contributed by atoms with E-state index in [1.165, 1.54) is 0 Å². The lowest BCUT2D eigenvalue weighted by Crippen LogP contribution is -2.47. The largest absolute Gasteiger partial charge is 0.493 e. The van der Waals surface area contributed by atoms with Crippen molar-refractivity contribution >= 4 is 5.91 Å². The summed E-state index contributed by atoms with van der Waals surface area (Å²) in [6, 6.07) is 8.75. The summed E-state index contributed by atoms with van der Waals surface area (Å²) in [5, 5.41) is 3.01. The number of carbonyl (C=O) groups is 1. The number of hydrogen-bond acceptors (Lipinski definition) is 6. The first kappa shape index (κ1) is 21.1. The Labute approximate surface area is 171 Å². The average Bonchev–Trinajstić information content (AvgIpc) is 2.78. The third-order valence-corrected chi connectivity index (χ3v) is 5.27. The molecule has 0 aliphatic carbocycles. The molecule has 1 aromatic heterocycles. The summed E-state index contributed by atoms with van der Waals surface area (Å²) in [7, 11) is 1.60. The smallest absolute Gasteiger partial charge is 0.237 e. The van der Waals surface area contributed by atoms with Crippen molar-refractivity contribution in [2.24, 2.45) is 11.7 Å². The molecule has 1 aliphatic heterocycles. The van der Waals surface area contributed by atoms with Gasteiger partial charge >= 0.3 is 0 Å². The van der Waals surface area contributed by atoms with Crippen LogP contribution in [0.1, 0.15) is 36.9 Å². The van der Waals surface area contributed by atoms with Crippen molar-refractivity contribution in [3.8, 4) is 11.5 Å². The number of nitrogens with two attached hydrogens (primary N) is 1. The number of rotatable bonds is 8. The summed E-state index contributed by atoms with van der Waals surface area (Å²) >= 11 is 0. The monoisotopic (exact) mass is 399 g/mol. The Kier molecular flexibility index (Phi) is 7.43. The lowest BCUT2D eigenvalue weighted by Gasteiger charge is -2.28. The van der Waals surface area contributed by atoms with E-state index in [9.17, 15) is 4.79 Å². The van der Waals surface area contributed by atoms with Crippen molar-refractivity contribution in [1.82, 2.24) is 10.3 Å². The number of ether oxygens (including phenoxy) is 3. The molecule has 0 bridgehead atoms. The van der Waals surface area contributed by atoms with Gasteiger partial charge in [0.25, 0.3) is 0 Å². The predicted octanol–water partition coefficient (Wildman–Crippen LogP) is 2.60. The van der Waals surface area contributed by atoms with Gasteiger partial charge in [-0.2, -0.15) is 0 Å². The maximum atomic E-state index is 12.6. The van der Waals surface area contributed by atoms with E-state index in [4.69, 9.17) is 19.9 Å². The highest BCUT2D eigenvalue weighted by Crippen LogP contribution is 2.31. The third-order valence-electron chi connectivity index (χ3n) is 5.27. The SMILES string of the molecule is COc1cc(C(C)NC(=O)C(N)C2CCOCC2)ccc1OCc1ccncc1. The Balaban J connectivity index is 1.61. The van der Waals surface area contributed by atoms with Crippen LogP contribution in [0.25, 0.3) is 0 Å². The van der Waals surface area contributed by atoms with Crippen LogP contribution < -0.4 is 20.5 Å². The second kappa shape index (κ2) is 10.2. The van der Waals surface area contributed by atoms with Gasteiger partial charge in [-0.1, -0.05) is 6.07 Å². The molecule has 1 saturated heterocycles. The highest BCUT2D eigenvalue weighted by molar-refractivity contribution is 5.82. The van der Waals surface area contributed by atoms with Crippen LogP contribution in [-0.4, -0.2) is 37.3 Å². The van der Waals surface area contributed by atoms with Crippen LogP contribution in [0, 0.1) is 5.92 Å². The predicted molar refractivity (Wildman–Crippen MR) is 110 cm³/mol. The van der Waals surface area contributed by atoms with Gasteiger partial charge in [0.15, 0.2) is 11.5 Å².